The van der Waals surface area contributed by atoms with Gasteiger partial charge in [0.15, 0.2) is 0 Å². The Labute approximate surface area is 91.6 Å². The summed E-state index contributed by atoms with van der Waals surface area (Å²) in [5.74, 6) is 0. The minimum atomic E-state index is 0.0110. The summed E-state index contributed by atoms with van der Waals surface area (Å²) in [5.41, 5.74) is 2.26. The van der Waals surface area contributed by atoms with Crippen molar-refractivity contribution in [1.82, 2.24) is 0 Å². The Hall–Kier alpha value is -0.890. The first-order valence-corrected chi connectivity index (χ1v) is 5.15. The number of anilines is 1. The number of hydrogen-bond acceptors (Lipinski definition) is 2. The highest BCUT2D eigenvalue weighted by Crippen LogP contribution is 2.15. The van der Waals surface area contributed by atoms with E-state index in [1.54, 1.807) is 0 Å². The van der Waals surface area contributed by atoms with E-state index in [0.717, 1.165) is 17.8 Å². The highest BCUT2D eigenvalue weighted by Gasteiger charge is 2.09. The van der Waals surface area contributed by atoms with Crippen LogP contribution in [0.2, 0.25) is 0 Å². The van der Waals surface area contributed by atoms with Crippen LogP contribution in [0.5, 0.6) is 0 Å². The van der Waals surface area contributed by atoms with E-state index in [2.05, 4.69) is 50.5 Å². The number of benzene rings is 1. The molecule has 1 aromatic rings. The van der Waals surface area contributed by atoms with Crippen LogP contribution in [0.1, 0.15) is 19.4 Å². The van der Waals surface area contributed by atoms with E-state index < -0.39 is 0 Å². The minimum Gasteiger partial charge on any atom is -0.384 e. The maximum atomic E-state index is 4.45. The van der Waals surface area contributed by atoms with Crippen LogP contribution >= 0.6 is 12.6 Å². The summed E-state index contributed by atoms with van der Waals surface area (Å²) in [5, 5.41) is 3.33. The predicted molar refractivity (Wildman–Crippen MR) is 68.1 cm³/mol. The largest absolute Gasteiger partial charge is 0.384 e. The summed E-state index contributed by atoms with van der Waals surface area (Å²) in [7, 11) is 0. The first kappa shape index (κ1) is 11.2. The van der Waals surface area contributed by atoms with E-state index in [4.69, 9.17) is 0 Å². The molecular formula is C12H17NS. The molecule has 1 rings (SSSR count). The van der Waals surface area contributed by atoms with Crippen LogP contribution in [-0.2, 0) is 0 Å². The van der Waals surface area contributed by atoms with Gasteiger partial charge in [-0.15, -0.1) is 0 Å². The zero-order valence-electron chi connectivity index (χ0n) is 8.75. The molecule has 0 heterocycles. The summed E-state index contributed by atoms with van der Waals surface area (Å²) in [6.07, 6.45) is 1.84. The Kier molecular flexibility index (Phi) is 3.64. The van der Waals surface area contributed by atoms with Crippen LogP contribution in [0.25, 0.3) is 6.08 Å². The fraction of sp³-hybridized carbons (Fsp3) is 0.333. The average molecular weight is 207 g/mol. The molecule has 0 aromatic heterocycles. The van der Waals surface area contributed by atoms with Crippen LogP contribution in [0.4, 0.5) is 5.69 Å². The normalized spacial score (nSPS) is 11.1. The molecule has 2 heteroatoms. The molecule has 0 aliphatic heterocycles. The van der Waals surface area contributed by atoms with Crippen molar-refractivity contribution in [3.8, 4) is 0 Å². The Bertz CT molecular complexity index is 295. The topological polar surface area (TPSA) is 12.0 Å². The number of rotatable bonds is 4. The van der Waals surface area contributed by atoms with Crippen molar-refractivity contribution in [3.05, 3.63) is 36.4 Å². The van der Waals surface area contributed by atoms with Gasteiger partial charge in [-0.3, -0.25) is 0 Å². The Morgan fingerprint density at radius 2 is 1.93 bits per heavy atom. The zero-order chi connectivity index (χ0) is 10.6. The third kappa shape index (κ3) is 3.88. The van der Waals surface area contributed by atoms with Gasteiger partial charge >= 0.3 is 0 Å². The SMILES string of the molecule is C=Cc1ccc(NCC(C)(C)S)cc1. The Morgan fingerprint density at radius 3 is 2.36 bits per heavy atom. The van der Waals surface area contributed by atoms with Crippen LogP contribution < -0.4 is 5.32 Å². The van der Waals surface area contributed by atoms with Gasteiger partial charge in [0.05, 0.1) is 0 Å². The molecule has 0 unspecified atom stereocenters. The van der Waals surface area contributed by atoms with Crippen molar-refractivity contribution < 1.29 is 0 Å². The molecule has 0 fully saturated rings. The molecule has 0 bridgehead atoms. The Morgan fingerprint density at radius 1 is 1.36 bits per heavy atom. The molecule has 0 aliphatic rings. The number of nitrogens with one attached hydrogen (secondary N) is 1. The second-order valence-electron chi connectivity index (χ2n) is 3.99. The van der Waals surface area contributed by atoms with Crippen molar-refractivity contribution in [2.45, 2.75) is 18.6 Å². The fourth-order valence-corrected chi connectivity index (χ4v) is 1.13. The van der Waals surface area contributed by atoms with Gasteiger partial charge in [0, 0.05) is 17.0 Å². The van der Waals surface area contributed by atoms with Gasteiger partial charge in [0.25, 0.3) is 0 Å². The summed E-state index contributed by atoms with van der Waals surface area (Å²) < 4.78 is 0.0110. The minimum absolute atomic E-state index is 0.0110. The first-order valence-electron chi connectivity index (χ1n) is 4.70. The summed E-state index contributed by atoms with van der Waals surface area (Å²) in [4.78, 5) is 0. The predicted octanol–water partition coefficient (Wildman–Crippen LogP) is 3.45. The lowest BCUT2D eigenvalue weighted by atomic mass is 10.2. The van der Waals surface area contributed by atoms with Gasteiger partial charge in [-0.05, 0) is 31.5 Å². The number of thiol groups is 1. The van der Waals surface area contributed by atoms with Crippen molar-refractivity contribution >= 4 is 24.4 Å². The van der Waals surface area contributed by atoms with Crippen LogP contribution in [0.3, 0.4) is 0 Å². The molecule has 0 radical (unpaired) electrons. The Balaban J connectivity index is 2.56. The highest BCUT2D eigenvalue weighted by atomic mass is 32.1. The third-order valence-electron chi connectivity index (χ3n) is 1.87. The molecule has 1 N–H and O–H groups in total. The van der Waals surface area contributed by atoms with Crippen LogP contribution in [-0.4, -0.2) is 11.3 Å². The molecule has 1 aromatic carbocycles. The molecule has 0 spiro atoms. The second-order valence-corrected chi connectivity index (χ2v) is 5.20. The highest BCUT2D eigenvalue weighted by molar-refractivity contribution is 7.81. The van der Waals surface area contributed by atoms with E-state index >= 15 is 0 Å². The van der Waals surface area contributed by atoms with E-state index in [9.17, 15) is 0 Å². The molecule has 0 aliphatic carbocycles. The zero-order valence-corrected chi connectivity index (χ0v) is 9.64. The summed E-state index contributed by atoms with van der Waals surface area (Å²) >= 11 is 4.45. The van der Waals surface area contributed by atoms with E-state index in [0.29, 0.717) is 0 Å². The van der Waals surface area contributed by atoms with Crippen molar-refractivity contribution in [2.75, 3.05) is 11.9 Å². The molecule has 0 amide bonds. The standard InChI is InChI=1S/C12H17NS/c1-4-10-5-7-11(8-6-10)13-9-12(2,3)14/h4-8,13-14H,1,9H2,2-3H3. The van der Waals surface area contributed by atoms with Gasteiger partial charge in [-0.25, -0.2) is 0 Å². The van der Waals surface area contributed by atoms with Crippen molar-refractivity contribution in [1.29, 1.82) is 0 Å². The molecule has 76 valence electrons. The van der Waals surface area contributed by atoms with Gasteiger partial charge < -0.3 is 5.32 Å². The fourth-order valence-electron chi connectivity index (χ4n) is 1.06. The van der Waals surface area contributed by atoms with Crippen molar-refractivity contribution in [3.63, 3.8) is 0 Å². The molecule has 1 nitrogen and oxygen atoms in total. The smallest absolute Gasteiger partial charge is 0.0341 e. The lowest BCUT2D eigenvalue weighted by Gasteiger charge is -2.18. The van der Waals surface area contributed by atoms with Gasteiger partial charge in [-0.1, -0.05) is 24.8 Å². The van der Waals surface area contributed by atoms with Crippen LogP contribution in [0.15, 0.2) is 30.8 Å². The molecule has 0 saturated heterocycles. The van der Waals surface area contributed by atoms with E-state index in [1.165, 1.54) is 0 Å². The summed E-state index contributed by atoms with van der Waals surface area (Å²) in [6.45, 7) is 8.73. The average Bonchev–Trinajstić information content (AvgIpc) is 2.14. The monoisotopic (exact) mass is 207 g/mol. The third-order valence-corrected chi connectivity index (χ3v) is 2.03. The first-order chi connectivity index (χ1) is 6.51. The second kappa shape index (κ2) is 4.56. The summed E-state index contributed by atoms with van der Waals surface area (Å²) in [6, 6.07) is 8.19. The maximum Gasteiger partial charge on any atom is 0.0341 e. The van der Waals surface area contributed by atoms with Crippen molar-refractivity contribution in [2.24, 2.45) is 0 Å². The van der Waals surface area contributed by atoms with E-state index in [1.807, 2.05) is 18.2 Å². The van der Waals surface area contributed by atoms with Gasteiger partial charge in [0.1, 0.15) is 0 Å². The number of hydrogen-bond donors (Lipinski definition) is 2. The molecule has 14 heavy (non-hydrogen) atoms. The van der Waals surface area contributed by atoms with E-state index in [-0.39, 0.29) is 4.75 Å². The molecule has 0 saturated carbocycles. The lowest BCUT2D eigenvalue weighted by molar-refractivity contribution is 0.758. The molecule has 0 atom stereocenters. The maximum absolute atomic E-state index is 4.45. The van der Waals surface area contributed by atoms with Crippen LogP contribution in [0, 0.1) is 0 Å². The molecular weight excluding hydrogens is 190 g/mol. The lowest BCUT2D eigenvalue weighted by Crippen LogP contribution is -2.23. The van der Waals surface area contributed by atoms with Gasteiger partial charge in [-0.2, -0.15) is 12.6 Å². The quantitative estimate of drug-likeness (QED) is 0.721. The van der Waals surface area contributed by atoms with Gasteiger partial charge in [0.2, 0.25) is 0 Å².